The third kappa shape index (κ3) is 3.53. The Hall–Kier alpha value is -3.85. The molecule has 180 valence electrons. The molecule has 0 radical (unpaired) electrons. The van der Waals surface area contributed by atoms with Crippen molar-refractivity contribution in [3.8, 4) is 0 Å². The lowest BCUT2D eigenvalue weighted by Gasteiger charge is -2.33. The molecule has 0 fully saturated rings. The number of anilines is 1. The second-order valence-electron chi connectivity index (χ2n) is 9.31. The van der Waals surface area contributed by atoms with E-state index in [0.29, 0.717) is 34.2 Å². The van der Waals surface area contributed by atoms with Gasteiger partial charge in [-0.3, -0.25) is 14.9 Å². The highest BCUT2D eigenvalue weighted by atomic mass is 32.2. The Bertz CT molecular complexity index is 1500. The van der Waals surface area contributed by atoms with Crippen molar-refractivity contribution < 1.29 is 13.6 Å². The largest absolute Gasteiger partial charge is 0.453 e. The number of Topliss-reactive ketones (excluding diaryl/α,β-unsaturated/α-hetero) is 1. The minimum atomic E-state index is -0.384. The number of aromatic nitrogens is 2. The van der Waals surface area contributed by atoms with E-state index in [-0.39, 0.29) is 41.9 Å². The van der Waals surface area contributed by atoms with Gasteiger partial charge in [-0.05, 0) is 47.9 Å². The first kappa shape index (κ1) is 21.4. The Morgan fingerprint density at radius 3 is 2.83 bits per heavy atom. The predicted octanol–water partition coefficient (Wildman–Crippen LogP) is 5.01. The maximum atomic E-state index is 14.5. The molecular weight excluding hydrogens is 477 g/mol. The van der Waals surface area contributed by atoms with Crippen molar-refractivity contribution in [3.05, 3.63) is 101 Å². The number of rotatable bonds is 3. The van der Waals surface area contributed by atoms with Gasteiger partial charge in [0, 0.05) is 29.5 Å². The summed E-state index contributed by atoms with van der Waals surface area (Å²) in [5.41, 5.74) is 2.87. The monoisotopic (exact) mass is 499 g/mol. The molecule has 0 spiro atoms. The molecule has 0 saturated carbocycles. The molecule has 0 saturated heterocycles. The number of amidine groups is 1. The molecule has 9 heteroatoms. The fraction of sp³-hybridized carbons (Fsp3) is 0.222. The van der Waals surface area contributed by atoms with Gasteiger partial charge in [-0.25, -0.2) is 4.39 Å². The SMILES string of the molecule is O=C1CC(c2ccccc2F)CC2=C1C(c1ccc(SC3=NC4C=CC=CC4N3)o1)c1c[nH]nc1N2. The highest BCUT2D eigenvalue weighted by Crippen LogP contribution is 2.48. The zero-order valence-corrected chi connectivity index (χ0v) is 19.9. The summed E-state index contributed by atoms with van der Waals surface area (Å²) in [5.74, 6) is 0.425. The first-order valence-electron chi connectivity index (χ1n) is 11.9. The number of aliphatic imine (C=N–C) groups is 1. The lowest BCUT2D eigenvalue weighted by atomic mass is 9.74. The van der Waals surface area contributed by atoms with Crippen LogP contribution in [0.15, 0.2) is 92.7 Å². The van der Waals surface area contributed by atoms with Crippen LogP contribution >= 0.6 is 11.8 Å². The van der Waals surface area contributed by atoms with Gasteiger partial charge in [0.15, 0.2) is 21.9 Å². The van der Waals surface area contributed by atoms with E-state index in [9.17, 15) is 9.18 Å². The number of thioether (sulfide) groups is 1. The van der Waals surface area contributed by atoms with Crippen LogP contribution < -0.4 is 10.6 Å². The third-order valence-corrected chi connectivity index (χ3v) is 7.98. The van der Waals surface area contributed by atoms with Crippen LogP contribution in [0.25, 0.3) is 0 Å². The van der Waals surface area contributed by atoms with Crippen molar-refractivity contribution in [2.45, 2.75) is 41.9 Å². The van der Waals surface area contributed by atoms with Crippen LogP contribution in [0.4, 0.5) is 10.2 Å². The number of hydrogen-bond donors (Lipinski definition) is 3. The zero-order valence-electron chi connectivity index (χ0n) is 19.1. The van der Waals surface area contributed by atoms with Gasteiger partial charge in [0.05, 0.1) is 18.0 Å². The Labute approximate surface area is 210 Å². The summed E-state index contributed by atoms with van der Waals surface area (Å²) >= 11 is 1.44. The molecule has 0 amide bonds. The number of H-pyrrole nitrogens is 1. The topological polar surface area (TPSA) is 95.3 Å². The first-order valence-corrected chi connectivity index (χ1v) is 12.7. The summed E-state index contributed by atoms with van der Waals surface area (Å²) in [6.07, 6.45) is 10.8. The second-order valence-corrected chi connectivity index (χ2v) is 10.3. The summed E-state index contributed by atoms with van der Waals surface area (Å²) < 4.78 is 20.8. The van der Waals surface area contributed by atoms with Crippen LogP contribution in [0.3, 0.4) is 0 Å². The van der Waals surface area contributed by atoms with Crippen LogP contribution in [0.1, 0.15) is 41.6 Å². The van der Waals surface area contributed by atoms with E-state index in [1.54, 1.807) is 18.3 Å². The predicted molar refractivity (Wildman–Crippen MR) is 135 cm³/mol. The van der Waals surface area contributed by atoms with Crippen LogP contribution in [-0.4, -0.2) is 33.2 Å². The van der Waals surface area contributed by atoms with Crippen molar-refractivity contribution >= 4 is 28.5 Å². The van der Waals surface area contributed by atoms with Gasteiger partial charge in [-0.1, -0.05) is 42.5 Å². The normalized spacial score (nSPS) is 26.1. The average molecular weight is 500 g/mol. The number of ketones is 1. The average Bonchev–Trinajstić information content (AvgIpc) is 3.62. The maximum absolute atomic E-state index is 14.5. The standard InChI is InChI=1S/C27H22FN5O2S/c28-17-6-2-1-5-15(17)14-11-20-25(21(34)12-14)24(16-13-29-33-26(16)30-20)22-9-10-23(35-22)36-27-31-18-7-3-4-8-19(18)32-27/h1-10,13-14,18-19,24H,11-12H2,(H,31,32)(H2,29,30,33). The summed E-state index contributed by atoms with van der Waals surface area (Å²) in [6, 6.07) is 10.8. The number of allylic oxidation sites excluding steroid dienone is 4. The van der Waals surface area contributed by atoms with Crippen molar-refractivity contribution in [1.29, 1.82) is 0 Å². The molecule has 7 rings (SSSR count). The molecule has 2 aliphatic carbocycles. The number of carbonyl (C=O) groups excluding carboxylic acids is 1. The lowest BCUT2D eigenvalue weighted by molar-refractivity contribution is -0.116. The van der Waals surface area contributed by atoms with Crippen molar-refractivity contribution in [2.75, 3.05) is 5.32 Å². The van der Waals surface area contributed by atoms with E-state index in [1.807, 2.05) is 30.4 Å². The van der Waals surface area contributed by atoms with Crippen molar-refractivity contribution in [3.63, 3.8) is 0 Å². The summed E-state index contributed by atoms with van der Waals surface area (Å²) in [5, 5.41) is 15.5. The smallest absolute Gasteiger partial charge is 0.168 e. The molecule has 4 atom stereocenters. The molecule has 7 nitrogen and oxygen atoms in total. The van der Waals surface area contributed by atoms with Crippen LogP contribution in [-0.2, 0) is 4.79 Å². The number of nitrogens with zero attached hydrogens (tertiary/aromatic N) is 2. The van der Waals surface area contributed by atoms with Crippen LogP contribution in [0.2, 0.25) is 0 Å². The molecular formula is C27H22FN5O2S. The summed E-state index contributed by atoms with van der Waals surface area (Å²) in [4.78, 5) is 18.3. The molecule has 2 aromatic heterocycles. The number of fused-ring (bicyclic) bond motifs is 2. The van der Waals surface area contributed by atoms with E-state index in [1.165, 1.54) is 17.8 Å². The Morgan fingerprint density at radius 1 is 1.06 bits per heavy atom. The Kier molecular flexibility index (Phi) is 4.99. The number of nitrogens with one attached hydrogen (secondary N) is 3. The van der Waals surface area contributed by atoms with Gasteiger partial charge in [-0.2, -0.15) is 5.10 Å². The quantitative estimate of drug-likeness (QED) is 0.469. The summed E-state index contributed by atoms with van der Waals surface area (Å²) in [7, 11) is 0. The van der Waals surface area contributed by atoms with Crippen molar-refractivity contribution in [2.24, 2.45) is 4.99 Å². The van der Waals surface area contributed by atoms with Gasteiger partial charge in [-0.15, -0.1) is 0 Å². The number of hydrogen-bond acceptors (Lipinski definition) is 7. The van der Waals surface area contributed by atoms with Gasteiger partial charge >= 0.3 is 0 Å². The molecule has 0 bridgehead atoms. The number of halogens is 1. The van der Waals surface area contributed by atoms with E-state index >= 15 is 0 Å². The van der Waals surface area contributed by atoms with Crippen molar-refractivity contribution in [1.82, 2.24) is 15.5 Å². The van der Waals surface area contributed by atoms with E-state index in [4.69, 9.17) is 9.41 Å². The zero-order chi connectivity index (χ0) is 24.2. The highest BCUT2D eigenvalue weighted by Gasteiger charge is 2.41. The molecule has 3 N–H and O–H groups in total. The Morgan fingerprint density at radius 2 is 1.94 bits per heavy atom. The minimum absolute atomic E-state index is 0.0102. The molecule has 3 aromatic rings. The molecule has 1 aromatic carbocycles. The number of carbonyl (C=O) groups is 1. The van der Waals surface area contributed by atoms with Gasteiger partial charge in [0.2, 0.25) is 0 Å². The number of benzene rings is 1. The summed E-state index contributed by atoms with van der Waals surface area (Å²) in [6.45, 7) is 0. The van der Waals surface area contributed by atoms with Crippen LogP contribution in [0.5, 0.6) is 0 Å². The Balaban J connectivity index is 1.20. The maximum Gasteiger partial charge on any atom is 0.168 e. The lowest BCUT2D eigenvalue weighted by Crippen LogP contribution is -2.31. The molecule has 36 heavy (non-hydrogen) atoms. The molecule has 4 unspecified atom stereocenters. The molecule has 4 aliphatic rings. The number of aromatic amines is 1. The van der Waals surface area contributed by atoms with E-state index in [2.05, 4.69) is 33.0 Å². The third-order valence-electron chi connectivity index (χ3n) is 7.14. The minimum Gasteiger partial charge on any atom is -0.453 e. The van der Waals surface area contributed by atoms with Gasteiger partial charge in [0.25, 0.3) is 0 Å². The van der Waals surface area contributed by atoms with E-state index < -0.39 is 0 Å². The fourth-order valence-electron chi connectivity index (χ4n) is 5.49. The second kappa shape index (κ2) is 8.37. The highest BCUT2D eigenvalue weighted by molar-refractivity contribution is 8.13. The van der Waals surface area contributed by atoms with E-state index in [0.717, 1.165) is 16.4 Å². The molecule has 2 aliphatic heterocycles. The molecule has 4 heterocycles. The van der Waals surface area contributed by atoms with Gasteiger partial charge < -0.3 is 15.1 Å². The van der Waals surface area contributed by atoms with Crippen LogP contribution in [0, 0.1) is 5.82 Å². The number of furan rings is 1. The van der Waals surface area contributed by atoms with Gasteiger partial charge in [0.1, 0.15) is 11.6 Å². The fourth-order valence-corrected chi connectivity index (χ4v) is 6.32. The first-order chi connectivity index (χ1) is 17.6.